The Morgan fingerprint density at radius 2 is 1.67 bits per heavy atom. The summed E-state index contributed by atoms with van der Waals surface area (Å²) < 4.78 is 18.2. The molecule has 6 nitrogen and oxygen atoms in total. The topological polar surface area (TPSA) is 73.9 Å². The minimum Gasteiger partial charge on any atom is -0.493 e. The molecule has 7 heteroatoms. The lowest BCUT2D eigenvalue weighted by Crippen LogP contribution is -2.38. The molecule has 0 radical (unpaired) electrons. The molecule has 2 aromatic rings. The van der Waals surface area contributed by atoms with E-state index in [1.165, 1.54) is 0 Å². The highest BCUT2D eigenvalue weighted by molar-refractivity contribution is 9.10. The van der Waals surface area contributed by atoms with E-state index in [-0.39, 0.29) is 29.9 Å². The van der Waals surface area contributed by atoms with E-state index in [1.54, 1.807) is 0 Å². The molecule has 192 valence electrons. The summed E-state index contributed by atoms with van der Waals surface area (Å²) in [6.07, 6.45) is 1.25. The Morgan fingerprint density at radius 3 is 2.33 bits per heavy atom. The first kappa shape index (κ1) is 26.3. The van der Waals surface area contributed by atoms with E-state index in [0.717, 1.165) is 27.0 Å². The molecular weight excluding hydrogens is 522 g/mol. The molecule has 2 aromatic carbocycles. The zero-order valence-electron chi connectivity index (χ0n) is 21.4. The van der Waals surface area contributed by atoms with E-state index < -0.39 is 0 Å². The Labute approximate surface area is 221 Å². The number of hydrogen-bond acceptors (Lipinski definition) is 5. The number of ketones is 1. The van der Waals surface area contributed by atoms with Crippen LogP contribution >= 0.6 is 15.9 Å². The van der Waals surface area contributed by atoms with Gasteiger partial charge in [0, 0.05) is 30.0 Å². The number of halogens is 1. The van der Waals surface area contributed by atoms with Crippen molar-refractivity contribution < 1.29 is 23.8 Å². The van der Waals surface area contributed by atoms with Crippen LogP contribution in [0.2, 0.25) is 0 Å². The van der Waals surface area contributed by atoms with E-state index in [2.05, 4.69) is 35.1 Å². The van der Waals surface area contributed by atoms with Crippen LogP contribution in [0, 0.1) is 5.92 Å². The van der Waals surface area contributed by atoms with Gasteiger partial charge in [0.05, 0.1) is 24.3 Å². The van der Waals surface area contributed by atoms with E-state index >= 15 is 0 Å². The third-order valence-corrected chi connectivity index (χ3v) is 7.08. The summed E-state index contributed by atoms with van der Waals surface area (Å²) in [4.78, 5) is 26.3. The lowest BCUT2D eigenvalue weighted by molar-refractivity contribution is -0.122. The fraction of sp³-hybridized carbons (Fsp3) is 0.448. The largest absolute Gasteiger partial charge is 0.493 e. The van der Waals surface area contributed by atoms with Gasteiger partial charge in [-0.15, -0.1) is 0 Å². The van der Waals surface area contributed by atoms with Gasteiger partial charge in [0.1, 0.15) is 5.75 Å². The molecule has 0 spiro atoms. The SMILES string of the molecule is CCOc1cc(C2CC(=O)NC3=C2C(=O)CC(c2ccc(OCC(C)C)cc2)C3)cc(Br)c1OCC. The quantitative estimate of drug-likeness (QED) is 0.393. The molecule has 2 unspecified atom stereocenters. The minimum atomic E-state index is -0.319. The van der Waals surface area contributed by atoms with Crippen LogP contribution in [0.15, 0.2) is 52.1 Å². The summed E-state index contributed by atoms with van der Waals surface area (Å²) in [5.74, 6) is 2.22. The highest BCUT2D eigenvalue weighted by Crippen LogP contribution is 2.46. The van der Waals surface area contributed by atoms with Gasteiger partial charge in [-0.25, -0.2) is 0 Å². The first-order valence-electron chi connectivity index (χ1n) is 12.7. The predicted molar refractivity (Wildman–Crippen MR) is 143 cm³/mol. The van der Waals surface area contributed by atoms with Gasteiger partial charge in [-0.05, 0) is 83.4 Å². The van der Waals surface area contributed by atoms with Gasteiger partial charge in [0.25, 0.3) is 0 Å². The molecule has 0 fully saturated rings. The first-order valence-corrected chi connectivity index (χ1v) is 13.5. The van der Waals surface area contributed by atoms with E-state index in [9.17, 15) is 9.59 Å². The number of rotatable bonds is 9. The number of nitrogens with one attached hydrogen (secondary N) is 1. The molecule has 36 heavy (non-hydrogen) atoms. The van der Waals surface area contributed by atoms with Gasteiger partial charge in [0.2, 0.25) is 5.91 Å². The standard InChI is InChI=1S/C29H34BrNO5/c1-5-34-26-14-20(11-23(30)29(26)35-6-2)22-15-27(33)31-24-12-19(13-25(32)28(22)24)18-7-9-21(10-8-18)36-16-17(3)4/h7-11,14,17,19,22H,5-6,12-13,15-16H2,1-4H3,(H,31,33). The number of allylic oxidation sites excluding steroid dienone is 2. The number of amides is 1. The van der Waals surface area contributed by atoms with Crippen molar-refractivity contribution in [2.75, 3.05) is 19.8 Å². The highest BCUT2D eigenvalue weighted by atomic mass is 79.9. The van der Waals surface area contributed by atoms with Crippen LogP contribution in [-0.4, -0.2) is 31.5 Å². The fourth-order valence-electron chi connectivity index (χ4n) is 4.92. The molecule has 0 bridgehead atoms. The number of ether oxygens (including phenoxy) is 3. The van der Waals surface area contributed by atoms with Gasteiger partial charge >= 0.3 is 0 Å². The average molecular weight is 556 g/mol. The molecule has 1 aliphatic carbocycles. The number of Topliss-reactive ketones (excluding diaryl/α,β-unsaturated/α-hetero) is 1. The van der Waals surface area contributed by atoms with Crippen LogP contribution in [0.3, 0.4) is 0 Å². The zero-order chi connectivity index (χ0) is 25.8. The highest BCUT2D eigenvalue weighted by Gasteiger charge is 2.38. The molecule has 0 saturated carbocycles. The van der Waals surface area contributed by atoms with Gasteiger partial charge in [0.15, 0.2) is 17.3 Å². The summed E-state index contributed by atoms with van der Waals surface area (Å²) in [5, 5.41) is 3.01. The van der Waals surface area contributed by atoms with E-state index in [0.29, 0.717) is 55.7 Å². The average Bonchev–Trinajstić information content (AvgIpc) is 2.84. The molecule has 4 rings (SSSR count). The van der Waals surface area contributed by atoms with Crippen LogP contribution in [0.5, 0.6) is 17.2 Å². The first-order chi connectivity index (χ1) is 17.3. The fourth-order valence-corrected chi connectivity index (χ4v) is 5.49. The molecular formula is C29H34BrNO5. The van der Waals surface area contributed by atoms with Crippen molar-refractivity contribution in [1.29, 1.82) is 0 Å². The second kappa shape index (κ2) is 11.5. The van der Waals surface area contributed by atoms with Crippen molar-refractivity contribution in [1.82, 2.24) is 5.32 Å². The third kappa shape index (κ3) is 5.77. The maximum absolute atomic E-state index is 13.5. The number of hydrogen-bond donors (Lipinski definition) is 1. The van der Waals surface area contributed by atoms with Crippen molar-refractivity contribution in [2.24, 2.45) is 5.92 Å². The van der Waals surface area contributed by atoms with Crippen molar-refractivity contribution in [2.45, 2.75) is 58.8 Å². The summed E-state index contributed by atoms with van der Waals surface area (Å²) >= 11 is 3.60. The minimum absolute atomic E-state index is 0.0144. The molecule has 1 amide bonds. The molecule has 2 atom stereocenters. The lowest BCUT2D eigenvalue weighted by Gasteiger charge is -2.34. The smallest absolute Gasteiger partial charge is 0.225 e. The van der Waals surface area contributed by atoms with Gasteiger partial charge < -0.3 is 19.5 Å². The second-order valence-corrected chi connectivity index (χ2v) is 10.5. The molecule has 0 saturated heterocycles. The van der Waals surface area contributed by atoms with Crippen molar-refractivity contribution in [3.8, 4) is 17.2 Å². The molecule has 1 heterocycles. The Morgan fingerprint density at radius 1 is 0.944 bits per heavy atom. The summed E-state index contributed by atoms with van der Waals surface area (Å²) in [6.45, 7) is 9.71. The zero-order valence-corrected chi connectivity index (χ0v) is 22.9. The van der Waals surface area contributed by atoms with Crippen LogP contribution in [-0.2, 0) is 9.59 Å². The number of carbonyl (C=O) groups excluding carboxylic acids is 2. The monoisotopic (exact) mass is 555 g/mol. The van der Waals surface area contributed by atoms with Crippen molar-refractivity contribution in [3.05, 3.63) is 63.3 Å². The van der Waals surface area contributed by atoms with Gasteiger partial charge in [-0.1, -0.05) is 26.0 Å². The lowest BCUT2D eigenvalue weighted by atomic mass is 9.73. The van der Waals surface area contributed by atoms with Crippen LogP contribution in [0.4, 0.5) is 0 Å². The Balaban J connectivity index is 1.63. The molecule has 1 aliphatic heterocycles. The summed E-state index contributed by atoms with van der Waals surface area (Å²) in [7, 11) is 0. The second-order valence-electron chi connectivity index (χ2n) is 9.70. The molecule has 0 aromatic heterocycles. The summed E-state index contributed by atoms with van der Waals surface area (Å²) in [6, 6.07) is 11.8. The van der Waals surface area contributed by atoms with E-state index in [4.69, 9.17) is 14.2 Å². The predicted octanol–water partition coefficient (Wildman–Crippen LogP) is 6.29. The summed E-state index contributed by atoms with van der Waals surface area (Å²) in [5.41, 5.74) is 3.39. The molecule has 1 N–H and O–H groups in total. The van der Waals surface area contributed by atoms with Gasteiger partial charge in [-0.2, -0.15) is 0 Å². The third-order valence-electron chi connectivity index (χ3n) is 6.49. The normalized spacial score (nSPS) is 19.7. The molecule has 2 aliphatic rings. The van der Waals surface area contributed by atoms with Crippen LogP contribution < -0.4 is 19.5 Å². The Bertz CT molecular complexity index is 1150. The Hall–Kier alpha value is -2.80. The van der Waals surface area contributed by atoms with Crippen molar-refractivity contribution in [3.63, 3.8) is 0 Å². The Kier molecular flexibility index (Phi) is 8.39. The van der Waals surface area contributed by atoms with Crippen LogP contribution in [0.1, 0.15) is 69.9 Å². The van der Waals surface area contributed by atoms with E-state index in [1.807, 2.05) is 50.2 Å². The number of benzene rings is 2. The maximum Gasteiger partial charge on any atom is 0.225 e. The van der Waals surface area contributed by atoms with Gasteiger partial charge in [-0.3, -0.25) is 9.59 Å². The maximum atomic E-state index is 13.5. The number of carbonyl (C=O) groups is 2. The van der Waals surface area contributed by atoms with Crippen molar-refractivity contribution >= 4 is 27.6 Å². The van der Waals surface area contributed by atoms with Crippen LogP contribution in [0.25, 0.3) is 0 Å².